The number of benzene rings is 2. The van der Waals surface area contributed by atoms with Crippen molar-refractivity contribution in [2.24, 2.45) is 0 Å². The fraction of sp³-hybridized carbons (Fsp3) is 0.320. The minimum atomic E-state index is -0.0655. The number of nitriles is 1. The van der Waals surface area contributed by atoms with Gasteiger partial charge in [-0.15, -0.1) is 0 Å². The van der Waals surface area contributed by atoms with E-state index in [4.69, 9.17) is 9.84 Å². The van der Waals surface area contributed by atoms with Gasteiger partial charge >= 0.3 is 0 Å². The van der Waals surface area contributed by atoms with E-state index in [-0.39, 0.29) is 5.91 Å². The van der Waals surface area contributed by atoms with Crippen molar-refractivity contribution in [1.82, 2.24) is 14.7 Å². The minimum Gasteiger partial charge on any atom is -0.381 e. The Bertz CT molecular complexity index is 1160. The number of carbonyl (C=O) groups is 1. The largest absolute Gasteiger partial charge is 0.381 e. The van der Waals surface area contributed by atoms with Crippen LogP contribution >= 0.6 is 0 Å². The maximum absolute atomic E-state index is 13.5. The Morgan fingerprint density at radius 1 is 1.16 bits per heavy atom. The molecule has 0 N–H and O–H groups in total. The Balaban J connectivity index is 1.42. The monoisotopic (exact) mass is 412 g/mol. The second kappa shape index (κ2) is 8.01. The van der Waals surface area contributed by atoms with E-state index >= 15 is 0 Å². The number of aromatic nitrogens is 2. The second-order valence-corrected chi connectivity index (χ2v) is 8.33. The Labute approximate surface area is 181 Å². The first-order valence-corrected chi connectivity index (χ1v) is 10.7. The summed E-state index contributed by atoms with van der Waals surface area (Å²) in [4.78, 5) is 15.3. The summed E-state index contributed by atoms with van der Waals surface area (Å²) < 4.78 is 7.51. The number of ether oxygens (including phenoxy) is 1. The zero-order valence-electron chi connectivity index (χ0n) is 17.5. The van der Waals surface area contributed by atoms with Gasteiger partial charge in [-0.3, -0.25) is 9.48 Å². The SMILES string of the molecule is Cc1cccc(-c2ccc(C#N)cc2C(=O)N2Cc3cn(C4CCOCC4)nc3C2)c1. The number of nitrogens with zero attached hydrogens (tertiary/aromatic N) is 4. The summed E-state index contributed by atoms with van der Waals surface area (Å²) in [6, 6.07) is 16.0. The molecule has 2 aromatic carbocycles. The average molecular weight is 412 g/mol. The lowest BCUT2D eigenvalue weighted by molar-refractivity contribution is 0.0655. The number of hydrogen-bond acceptors (Lipinski definition) is 4. The Kier molecular flexibility index (Phi) is 5.05. The lowest BCUT2D eigenvalue weighted by atomic mass is 9.96. The number of carbonyl (C=O) groups excluding carboxylic acids is 1. The van der Waals surface area contributed by atoms with Gasteiger partial charge in [0.1, 0.15) is 0 Å². The van der Waals surface area contributed by atoms with Gasteiger partial charge in [-0.05, 0) is 43.0 Å². The molecule has 0 radical (unpaired) electrons. The van der Waals surface area contributed by atoms with Crippen LogP contribution in [0.5, 0.6) is 0 Å². The highest BCUT2D eigenvalue weighted by Crippen LogP contribution is 2.31. The molecule has 1 aromatic heterocycles. The van der Waals surface area contributed by atoms with Crippen LogP contribution in [0.3, 0.4) is 0 Å². The topological polar surface area (TPSA) is 71.2 Å². The average Bonchev–Trinajstić information content (AvgIpc) is 3.38. The van der Waals surface area contributed by atoms with Crippen molar-refractivity contribution < 1.29 is 9.53 Å². The summed E-state index contributed by atoms with van der Waals surface area (Å²) in [5, 5.41) is 14.2. The predicted octanol–water partition coefficient (Wildman–Crippen LogP) is 4.24. The summed E-state index contributed by atoms with van der Waals surface area (Å²) in [5.74, 6) is -0.0655. The van der Waals surface area contributed by atoms with Crippen LogP contribution in [0.15, 0.2) is 48.7 Å². The van der Waals surface area contributed by atoms with Gasteiger partial charge in [0.25, 0.3) is 5.91 Å². The molecule has 2 aliphatic rings. The summed E-state index contributed by atoms with van der Waals surface area (Å²) in [5.41, 5.74) is 6.08. The molecule has 3 heterocycles. The van der Waals surface area contributed by atoms with Crippen LogP contribution in [0.4, 0.5) is 0 Å². The molecule has 1 amide bonds. The highest BCUT2D eigenvalue weighted by molar-refractivity contribution is 6.01. The summed E-state index contributed by atoms with van der Waals surface area (Å²) in [6.45, 7) is 4.62. The molecule has 1 fully saturated rings. The van der Waals surface area contributed by atoms with Gasteiger partial charge in [-0.2, -0.15) is 10.4 Å². The van der Waals surface area contributed by atoms with Crippen LogP contribution in [0.25, 0.3) is 11.1 Å². The quantitative estimate of drug-likeness (QED) is 0.645. The molecule has 31 heavy (non-hydrogen) atoms. The minimum absolute atomic E-state index is 0.0655. The zero-order valence-corrected chi connectivity index (χ0v) is 17.5. The standard InChI is InChI=1S/C25H24N4O2/c1-17-3-2-4-19(11-17)22-6-5-18(13-26)12-23(22)25(30)28-14-20-15-29(27-24(20)16-28)21-7-9-31-10-8-21/h2-6,11-12,15,21H,7-10,14,16H2,1H3. The third-order valence-electron chi connectivity index (χ3n) is 6.16. The van der Waals surface area contributed by atoms with Crippen molar-refractivity contribution in [3.63, 3.8) is 0 Å². The van der Waals surface area contributed by atoms with Gasteiger partial charge in [0.15, 0.2) is 0 Å². The molecule has 5 rings (SSSR count). The van der Waals surface area contributed by atoms with Gasteiger partial charge in [-0.25, -0.2) is 0 Å². The van der Waals surface area contributed by atoms with Crippen LogP contribution in [0, 0.1) is 18.3 Å². The summed E-state index contributed by atoms with van der Waals surface area (Å²) in [6.07, 6.45) is 4.04. The van der Waals surface area contributed by atoms with Gasteiger partial charge in [0, 0.05) is 37.1 Å². The third-order valence-corrected chi connectivity index (χ3v) is 6.16. The van der Waals surface area contributed by atoms with Crippen LogP contribution in [0.1, 0.15) is 51.6 Å². The molecular weight excluding hydrogens is 388 g/mol. The first-order chi connectivity index (χ1) is 15.1. The first kappa shape index (κ1) is 19.5. The third kappa shape index (κ3) is 3.73. The lowest BCUT2D eigenvalue weighted by Crippen LogP contribution is -2.27. The number of fused-ring (bicyclic) bond motifs is 1. The molecular formula is C25H24N4O2. The van der Waals surface area contributed by atoms with E-state index < -0.39 is 0 Å². The number of hydrogen-bond donors (Lipinski definition) is 0. The van der Waals surface area contributed by atoms with E-state index in [0.717, 1.165) is 54.0 Å². The van der Waals surface area contributed by atoms with Crippen LogP contribution < -0.4 is 0 Å². The molecule has 3 aromatic rings. The molecule has 0 unspecified atom stereocenters. The number of rotatable bonds is 3. The molecule has 0 bridgehead atoms. The number of amides is 1. The van der Waals surface area contributed by atoms with Gasteiger partial charge < -0.3 is 9.64 Å². The highest BCUT2D eigenvalue weighted by atomic mass is 16.5. The summed E-state index contributed by atoms with van der Waals surface area (Å²) in [7, 11) is 0. The maximum atomic E-state index is 13.5. The smallest absolute Gasteiger partial charge is 0.255 e. The molecule has 0 aliphatic carbocycles. The summed E-state index contributed by atoms with van der Waals surface area (Å²) >= 11 is 0. The molecule has 6 nitrogen and oxygen atoms in total. The number of aryl methyl sites for hydroxylation is 1. The van der Waals surface area contributed by atoms with E-state index in [1.54, 1.807) is 12.1 Å². The van der Waals surface area contributed by atoms with E-state index in [9.17, 15) is 10.1 Å². The highest BCUT2D eigenvalue weighted by Gasteiger charge is 2.30. The van der Waals surface area contributed by atoms with Crippen molar-refractivity contribution in [2.75, 3.05) is 13.2 Å². The maximum Gasteiger partial charge on any atom is 0.255 e. The van der Waals surface area contributed by atoms with Gasteiger partial charge in [-0.1, -0.05) is 35.9 Å². The molecule has 156 valence electrons. The molecule has 0 spiro atoms. The molecule has 0 atom stereocenters. The van der Waals surface area contributed by atoms with E-state index in [1.165, 1.54) is 0 Å². The van der Waals surface area contributed by atoms with Crippen LogP contribution in [-0.2, 0) is 17.8 Å². The van der Waals surface area contributed by atoms with Crippen molar-refractivity contribution >= 4 is 5.91 Å². The Morgan fingerprint density at radius 3 is 2.74 bits per heavy atom. The second-order valence-electron chi connectivity index (χ2n) is 8.33. The molecule has 1 saturated heterocycles. The van der Waals surface area contributed by atoms with Gasteiger partial charge in [0.2, 0.25) is 0 Å². The molecule has 2 aliphatic heterocycles. The van der Waals surface area contributed by atoms with Crippen LogP contribution in [-0.4, -0.2) is 33.8 Å². The van der Waals surface area contributed by atoms with E-state index in [2.05, 4.69) is 23.0 Å². The van der Waals surface area contributed by atoms with E-state index in [1.807, 2.05) is 36.1 Å². The molecule has 0 saturated carbocycles. The zero-order chi connectivity index (χ0) is 21.4. The van der Waals surface area contributed by atoms with Crippen molar-refractivity contribution in [3.8, 4) is 17.2 Å². The fourth-order valence-corrected chi connectivity index (χ4v) is 4.48. The fourth-order valence-electron chi connectivity index (χ4n) is 4.48. The normalized spacial score (nSPS) is 16.2. The van der Waals surface area contributed by atoms with Crippen molar-refractivity contribution in [3.05, 3.63) is 76.6 Å². The lowest BCUT2D eigenvalue weighted by Gasteiger charge is -2.23. The Morgan fingerprint density at radius 2 is 2.00 bits per heavy atom. The molecule has 6 heteroatoms. The van der Waals surface area contributed by atoms with Crippen LogP contribution in [0.2, 0.25) is 0 Å². The van der Waals surface area contributed by atoms with E-state index in [0.29, 0.717) is 30.3 Å². The first-order valence-electron chi connectivity index (χ1n) is 10.7. The van der Waals surface area contributed by atoms with Gasteiger partial charge in [0.05, 0.1) is 29.9 Å². The van der Waals surface area contributed by atoms with Crippen molar-refractivity contribution in [1.29, 1.82) is 5.26 Å². The van der Waals surface area contributed by atoms with Crippen molar-refractivity contribution in [2.45, 2.75) is 38.9 Å². The Hall–Kier alpha value is -3.43. The predicted molar refractivity (Wildman–Crippen MR) is 116 cm³/mol.